The first-order chi connectivity index (χ1) is 13.2. The van der Waals surface area contributed by atoms with E-state index in [0.29, 0.717) is 23.6 Å². The fourth-order valence-electron chi connectivity index (χ4n) is 2.45. The summed E-state index contributed by atoms with van der Waals surface area (Å²) in [5.74, 6) is 0.411. The number of benzene rings is 3. The molecular formula is C21H19BrN2O3. The number of esters is 1. The molecule has 0 radical (unpaired) electrons. The number of para-hydroxylation sites is 1. The maximum Gasteiger partial charge on any atom is 0.343 e. The maximum atomic E-state index is 12.3. The van der Waals surface area contributed by atoms with Gasteiger partial charge < -0.3 is 14.9 Å². The fraction of sp³-hybridized carbons (Fsp3) is 0.0952. The Morgan fingerprint density at radius 2 is 1.63 bits per heavy atom. The summed E-state index contributed by atoms with van der Waals surface area (Å²) in [7, 11) is 1.54. The zero-order chi connectivity index (χ0) is 19.1. The first kappa shape index (κ1) is 18.9. The number of carbonyl (C=O) groups excluding carboxylic acids is 1. The van der Waals surface area contributed by atoms with Crippen LogP contribution in [0, 0.1) is 0 Å². The highest BCUT2D eigenvalue weighted by Gasteiger charge is 2.15. The summed E-state index contributed by atoms with van der Waals surface area (Å²) in [6.45, 7) is 0.540. The highest BCUT2D eigenvalue weighted by molar-refractivity contribution is 9.10. The standard InChI is InChI=1S/C21H19BrN2O3/c1-26-19-12-16(14-23-24-17-10-6-3-7-11-17)18(22)13-20(19)27-21(25)15-8-4-2-5-9-15/h2-13,23-24H,14H2,1H3. The topological polar surface area (TPSA) is 59.6 Å². The van der Waals surface area contributed by atoms with Gasteiger partial charge in [0.1, 0.15) is 0 Å². The van der Waals surface area contributed by atoms with Crippen LogP contribution in [0.2, 0.25) is 0 Å². The molecule has 0 aromatic heterocycles. The van der Waals surface area contributed by atoms with Crippen molar-refractivity contribution >= 4 is 27.6 Å². The summed E-state index contributed by atoms with van der Waals surface area (Å²) < 4.78 is 11.7. The smallest absolute Gasteiger partial charge is 0.343 e. The number of ether oxygens (including phenoxy) is 2. The van der Waals surface area contributed by atoms with Crippen molar-refractivity contribution in [1.29, 1.82) is 0 Å². The van der Waals surface area contributed by atoms with E-state index >= 15 is 0 Å². The molecule has 5 nitrogen and oxygen atoms in total. The molecule has 0 aliphatic heterocycles. The van der Waals surface area contributed by atoms with E-state index < -0.39 is 5.97 Å². The van der Waals surface area contributed by atoms with Crippen molar-refractivity contribution in [3.05, 3.63) is 88.4 Å². The molecule has 0 fully saturated rings. The van der Waals surface area contributed by atoms with Crippen LogP contribution in [0.25, 0.3) is 0 Å². The van der Waals surface area contributed by atoms with Crippen LogP contribution >= 0.6 is 15.9 Å². The Kier molecular flexibility index (Phi) is 6.46. The normalized spacial score (nSPS) is 10.3. The second kappa shape index (κ2) is 9.21. The van der Waals surface area contributed by atoms with Gasteiger partial charge in [-0.3, -0.25) is 0 Å². The quantitative estimate of drug-likeness (QED) is 0.323. The number of carbonyl (C=O) groups is 1. The number of halogens is 1. The Bertz CT molecular complexity index is 902. The summed E-state index contributed by atoms with van der Waals surface area (Å²) >= 11 is 3.53. The van der Waals surface area contributed by atoms with E-state index in [1.807, 2.05) is 42.5 Å². The van der Waals surface area contributed by atoms with Crippen LogP contribution in [0.15, 0.2) is 77.3 Å². The molecule has 0 heterocycles. The number of nitrogens with one attached hydrogen (secondary N) is 2. The van der Waals surface area contributed by atoms with Crippen molar-refractivity contribution in [2.45, 2.75) is 6.54 Å². The molecule has 2 N–H and O–H groups in total. The third kappa shape index (κ3) is 5.09. The molecule has 3 rings (SSSR count). The molecule has 0 bridgehead atoms. The lowest BCUT2D eigenvalue weighted by Gasteiger charge is -2.14. The SMILES string of the molecule is COc1cc(CNNc2ccccc2)c(Br)cc1OC(=O)c1ccccc1. The van der Waals surface area contributed by atoms with Crippen molar-refractivity contribution in [3.8, 4) is 11.5 Å². The predicted octanol–water partition coefficient (Wildman–Crippen LogP) is 4.79. The zero-order valence-corrected chi connectivity index (χ0v) is 16.3. The molecule has 0 aliphatic carbocycles. The number of hydrogen-bond acceptors (Lipinski definition) is 5. The Morgan fingerprint density at radius 1 is 0.963 bits per heavy atom. The number of methoxy groups -OCH3 is 1. The first-order valence-corrected chi connectivity index (χ1v) is 9.14. The van der Waals surface area contributed by atoms with Crippen molar-refractivity contribution in [3.63, 3.8) is 0 Å². The molecule has 0 amide bonds. The van der Waals surface area contributed by atoms with E-state index in [1.54, 1.807) is 37.4 Å². The fourth-order valence-corrected chi connectivity index (χ4v) is 2.91. The third-order valence-corrected chi connectivity index (χ3v) is 4.57. The van der Waals surface area contributed by atoms with Gasteiger partial charge in [-0.05, 0) is 42.0 Å². The predicted molar refractivity (Wildman–Crippen MR) is 109 cm³/mol. The summed E-state index contributed by atoms with van der Waals surface area (Å²) in [4.78, 5) is 12.3. The number of hydrazine groups is 1. The minimum absolute atomic E-state index is 0.359. The van der Waals surface area contributed by atoms with Crippen LogP contribution in [0.4, 0.5) is 5.69 Å². The first-order valence-electron chi connectivity index (χ1n) is 8.35. The van der Waals surface area contributed by atoms with Gasteiger partial charge in [-0.2, -0.15) is 0 Å². The highest BCUT2D eigenvalue weighted by Crippen LogP contribution is 2.34. The maximum absolute atomic E-state index is 12.3. The molecule has 0 spiro atoms. The second-order valence-electron chi connectivity index (χ2n) is 5.69. The summed E-state index contributed by atoms with van der Waals surface area (Å²) in [5, 5.41) is 0. The number of hydrogen-bond donors (Lipinski definition) is 2. The molecule has 3 aromatic rings. The van der Waals surface area contributed by atoms with Crippen molar-refractivity contribution < 1.29 is 14.3 Å². The third-order valence-electron chi connectivity index (χ3n) is 3.83. The van der Waals surface area contributed by atoms with Crippen LogP contribution in [-0.2, 0) is 6.54 Å². The lowest BCUT2D eigenvalue weighted by atomic mass is 10.2. The van der Waals surface area contributed by atoms with Crippen LogP contribution < -0.4 is 20.3 Å². The summed E-state index contributed by atoms with van der Waals surface area (Å²) in [5.41, 5.74) is 8.68. The molecule has 0 saturated carbocycles. The Labute approximate surface area is 166 Å². The number of anilines is 1. The second-order valence-corrected chi connectivity index (χ2v) is 6.55. The molecule has 0 aliphatic rings. The molecule has 138 valence electrons. The van der Waals surface area contributed by atoms with E-state index in [2.05, 4.69) is 26.8 Å². The minimum atomic E-state index is -0.433. The van der Waals surface area contributed by atoms with Gasteiger partial charge >= 0.3 is 5.97 Å². The number of rotatable bonds is 7. The molecule has 6 heteroatoms. The van der Waals surface area contributed by atoms with Crippen molar-refractivity contribution in [2.75, 3.05) is 12.5 Å². The van der Waals surface area contributed by atoms with Crippen molar-refractivity contribution in [2.24, 2.45) is 0 Å². The highest BCUT2D eigenvalue weighted by atomic mass is 79.9. The van der Waals surface area contributed by atoms with Gasteiger partial charge in [-0.1, -0.05) is 52.3 Å². The minimum Gasteiger partial charge on any atom is -0.493 e. The Balaban J connectivity index is 1.70. The monoisotopic (exact) mass is 426 g/mol. The van der Waals surface area contributed by atoms with Crippen LogP contribution in [0.1, 0.15) is 15.9 Å². The molecule has 27 heavy (non-hydrogen) atoms. The van der Waals surface area contributed by atoms with Crippen LogP contribution in [-0.4, -0.2) is 13.1 Å². The molecule has 3 aromatic carbocycles. The van der Waals surface area contributed by atoms with E-state index in [4.69, 9.17) is 9.47 Å². The molecular weight excluding hydrogens is 408 g/mol. The lowest BCUT2D eigenvalue weighted by Crippen LogP contribution is -2.21. The largest absolute Gasteiger partial charge is 0.493 e. The molecule has 0 unspecified atom stereocenters. The molecule has 0 atom stereocenters. The van der Waals surface area contributed by atoms with Gasteiger partial charge in [-0.15, -0.1) is 0 Å². The lowest BCUT2D eigenvalue weighted by molar-refractivity contribution is 0.0729. The van der Waals surface area contributed by atoms with Gasteiger partial charge in [0.15, 0.2) is 11.5 Å². The summed E-state index contributed by atoms with van der Waals surface area (Å²) in [6, 6.07) is 22.2. The zero-order valence-electron chi connectivity index (χ0n) is 14.7. The van der Waals surface area contributed by atoms with Crippen LogP contribution in [0.5, 0.6) is 11.5 Å². The van der Waals surface area contributed by atoms with Gasteiger partial charge in [0, 0.05) is 16.7 Å². The average molecular weight is 427 g/mol. The van der Waals surface area contributed by atoms with E-state index in [9.17, 15) is 4.79 Å². The van der Waals surface area contributed by atoms with Crippen molar-refractivity contribution in [1.82, 2.24) is 5.43 Å². The summed E-state index contributed by atoms with van der Waals surface area (Å²) in [6.07, 6.45) is 0. The Morgan fingerprint density at radius 3 is 2.30 bits per heavy atom. The van der Waals surface area contributed by atoms with Gasteiger partial charge in [0.05, 0.1) is 12.7 Å². The van der Waals surface area contributed by atoms with E-state index in [0.717, 1.165) is 15.7 Å². The van der Waals surface area contributed by atoms with Gasteiger partial charge in [0.25, 0.3) is 0 Å². The van der Waals surface area contributed by atoms with Gasteiger partial charge in [0.2, 0.25) is 0 Å². The van der Waals surface area contributed by atoms with E-state index in [1.165, 1.54) is 0 Å². The average Bonchev–Trinajstić information content (AvgIpc) is 2.71. The van der Waals surface area contributed by atoms with E-state index in [-0.39, 0.29) is 0 Å². The molecule has 0 saturated heterocycles. The Hall–Kier alpha value is -2.83. The van der Waals surface area contributed by atoms with Gasteiger partial charge in [-0.25, -0.2) is 10.2 Å². The van der Waals surface area contributed by atoms with Crippen LogP contribution in [0.3, 0.4) is 0 Å².